The molecule has 3 amide bonds. The molecular weight excluding hydrogens is 1930 g/mol. The van der Waals surface area contributed by atoms with Crippen LogP contribution in [0.2, 0.25) is 0 Å². The van der Waals surface area contributed by atoms with Gasteiger partial charge in [0.1, 0.15) is 89.6 Å². The summed E-state index contributed by atoms with van der Waals surface area (Å²) in [6.45, 7) is -4.83. The third kappa shape index (κ3) is 34.1. The van der Waals surface area contributed by atoms with Crippen LogP contribution in [0.25, 0.3) is 0 Å². The summed E-state index contributed by atoms with van der Waals surface area (Å²) in [5, 5.41) is 7.05. The van der Waals surface area contributed by atoms with E-state index in [4.69, 9.17) is 14.2 Å². The van der Waals surface area contributed by atoms with Crippen molar-refractivity contribution in [2.75, 3.05) is 35.8 Å². The van der Waals surface area contributed by atoms with Crippen molar-refractivity contribution in [1.82, 2.24) is 0 Å². The van der Waals surface area contributed by atoms with Gasteiger partial charge in [0, 0.05) is 48.4 Å². The first-order valence-corrected chi connectivity index (χ1v) is 48.2. The fourth-order valence-electron chi connectivity index (χ4n) is 9.91. The fourth-order valence-corrected chi connectivity index (χ4v) is 18.9. The lowest BCUT2D eigenvalue weighted by Gasteiger charge is -2.43. The molecule has 15 atom stereocenters. The lowest BCUT2D eigenvalue weighted by atomic mass is 10.0. The molecule has 3 aliphatic heterocycles. The zero-order valence-electron chi connectivity index (χ0n) is 55.6. The number of rotatable bonds is 39. The monoisotopic (exact) mass is 1980 g/mol. The highest BCUT2D eigenvalue weighted by Gasteiger charge is 2.57. The van der Waals surface area contributed by atoms with E-state index in [1.165, 1.54) is 0 Å². The highest BCUT2D eigenvalue weighted by Crippen LogP contribution is 2.43. The van der Waals surface area contributed by atoms with E-state index in [0.29, 0.717) is 0 Å². The van der Waals surface area contributed by atoms with Crippen molar-refractivity contribution in [2.24, 2.45) is 0 Å². The van der Waals surface area contributed by atoms with Crippen molar-refractivity contribution in [3.8, 4) is 0 Å². The Kier molecular flexibility index (Phi) is 32.2. The number of nitrogens with one attached hydrogen (secondary N) is 3. The Labute approximate surface area is 672 Å². The van der Waals surface area contributed by atoms with Crippen molar-refractivity contribution in [2.45, 2.75) is 104 Å². The van der Waals surface area contributed by atoms with Gasteiger partial charge in [-0.25, -0.2) is 50.2 Å². The van der Waals surface area contributed by atoms with E-state index in [1.807, 2.05) is 0 Å². The molecular formula is C45H51N3O54S15. The fraction of sp³-hybridized carbons (Fsp3) is 0.400. The summed E-state index contributed by atoms with van der Waals surface area (Å²) in [5.41, 5.74) is -9.50. The van der Waals surface area contributed by atoms with Crippen LogP contribution in [-0.4, -0.2) is 283 Å². The molecule has 15 N–H and O–H groups in total. The van der Waals surface area contributed by atoms with Gasteiger partial charge in [0.2, 0.25) is 0 Å². The van der Waals surface area contributed by atoms with E-state index in [0.717, 1.165) is 91.0 Å². The molecule has 0 unspecified atom stereocenters. The molecule has 0 bridgehead atoms. The summed E-state index contributed by atoms with van der Waals surface area (Å²) in [5.74, 6) is -3.76. The van der Waals surface area contributed by atoms with Gasteiger partial charge in [-0.3, -0.25) is 69.0 Å². The Hall–Kier alpha value is -5.34. The molecule has 7 rings (SSSR count). The quantitative estimate of drug-likeness (QED) is 0.0199. The van der Waals surface area contributed by atoms with Gasteiger partial charge >= 0.3 is 125 Å². The Morgan fingerprint density at radius 2 is 0.436 bits per heavy atom. The molecule has 117 heavy (non-hydrogen) atoms. The molecule has 4 aromatic carbocycles. The molecule has 0 aliphatic carbocycles. The number of benzene rings is 4. The molecule has 57 nitrogen and oxygen atoms in total. The largest absolute Gasteiger partial charge is 0.397 e. The molecule has 0 radical (unpaired) electrons. The highest BCUT2D eigenvalue weighted by atomic mass is 32.3. The van der Waals surface area contributed by atoms with Gasteiger partial charge in [-0.2, -0.15) is 101 Å². The van der Waals surface area contributed by atoms with E-state index < -0.39 is 269 Å². The lowest BCUT2D eigenvalue weighted by Crippen LogP contribution is -2.61. The third-order valence-corrected chi connectivity index (χ3v) is 22.8. The van der Waals surface area contributed by atoms with Crippen molar-refractivity contribution >= 4 is 195 Å². The van der Waals surface area contributed by atoms with E-state index in [1.54, 1.807) is 0 Å². The summed E-state index contributed by atoms with van der Waals surface area (Å²) in [6, 6.07) is 14.5. The van der Waals surface area contributed by atoms with Gasteiger partial charge in [0.15, 0.2) is 0 Å². The van der Waals surface area contributed by atoms with Gasteiger partial charge in [-0.15, -0.1) is 0 Å². The van der Waals surface area contributed by atoms with Gasteiger partial charge in [-0.1, -0.05) is 35.3 Å². The zero-order chi connectivity index (χ0) is 88.2. The Bertz CT molecular complexity index is 5220. The second kappa shape index (κ2) is 38.2. The number of hydrogen-bond donors (Lipinski definition) is 15. The number of anilines is 3. The van der Waals surface area contributed by atoms with Crippen LogP contribution in [0.4, 0.5) is 17.1 Å². The van der Waals surface area contributed by atoms with Crippen LogP contribution in [0, 0.1) is 0 Å². The third-order valence-electron chi connectivity index (χ3n) is 13.8. The number of ether oxygens (including phenoxy) is 3. The Morgan fingerprint density at radius 3 is 0.607 bits per heavy atom. The standard InChI is InChI=1S/C45H51N3O54S15/c49-40(46-22-1-7-25(8-2-22)103-43-37(100-115(79,80)81)34(97-112(70,71)72)31(94-109(61,62)63)28(91-43)16-88-106(52,53)54)19-13-20(41(50)47-23-3-9-26(10-4-23)104-44-38(101-116(82,83)84)35(98-113(73,74)75)32(95-110(64,65)66)29(92-44)17-89-107(55,56)57)15-21(14-19)42(51)48-24-5-11-27(12-6-24)105-45-39(102-117(85,86)87)36(99-114(76,77)78)33(96-111(67,68)69)30(93-45)18-90-108(58,59)60/h1-15,28-39,43-45H,16-18H2,(H,46,49)(H,47,50)(H,48,51)(H,52,53,54)(H,55,56,57)(H,58,59,60)(H,61,62,63)(H,64,65,66)(H,67,68,69)(H,70,71,72)(H,73,74,75)(H,76,77,78)(H,79,80,81)(H,82,83,84)(H,85,86,87)/t28-,29-,30-,31-,32-,33-,34+,35+,36+,37-,38-,39-,43+,44+,45+/m1/s1. The minimum Gasteiger partial charge on any atom is -0.356 e. The van der Waals surface area contributed by atoms with Crippen LogP contribution in [0.5, 0.6) is 0 Å². The van der Waals surface area contributed by atoms with Gasteiger partial charge in [0.25, 0.3) is 17.7 Å². The smallest absolute Gasteiger partial charge is 0.356 e. The molecule has 3 saturated heterocycles. The van der Waals surface area contributed by atoms with E-state index in [9.17, 15) is 170 Å². The number of carbonyl (C=O) groups is 3. The van der Waals surface area contributed by atoms with E-state index in [-0.39, 0.29) is 67.0 Å². The summed E-state index contributed by atoms with van der Waals surface area (Å²) in [7, 11) is -69.7. The minimum absolute atomic E-state index is 0.198. The molecule has 0 spiro atoms. The van der Waals surface area contributed by atoms with Crippen molar-refractivity contribution in [1.29, 1.82) is 0 Å². The lowest BCUT2D eigenvalue weighted by molar-refractivity contribution is -0.183. The molecule has 3 heterocycles. The summed E-state index contributed by atoms with van der Waals surface area (Å²) in [6.07, 6.45) is -32.8. The van der Waals surface area contributed by atoms with Crippen LogP contribution in [-0.2, 0) is 189 Å². The molecule has 660 valence electrons. The number of carbonyl (C=O) groups excluding carboxylic acids is 3. The predicted octanol–water partition coefficient (Wildman–Crippen LogP) is -2.96. The predicted molar refractivity (Wildman–Crippen MR) is 373 cm³/mol. The second-order valence-corrected chi connectivity index (χ2v) is 38.5. The Balaban J connectivity index is 1.24. The van der Waals surface area contributed by atoms with Crippen molar-refractivity contribution < 1.29 is 234 Å². The van der Waals surface area contributed by atoms with Crippen molar-refractivity contribution in [3.63, 3.8) is 0 Å². The summed E-state index contributed by atoms with van der Waals surface area (Å²) in [4.78, 5) is 42.2. The molecule has 4 aromatic rings. The SMILES string of the molecule is O=C(Nc1ccc(S[C@@H]2O[C@H](COS(=O)(=O)O)[C@@H](OS(=O)(=O)O)[C@H](OS(=O)(=O)O)[C@H]2OS(=O)(=O)O)cc1)c1cc(C(=O)Nc2ccc(S[C@@H]3O[C@H](COS(=O)(=O)O)[C@@H](OS(=O)(=O)O)[C@H](OS(=O)(=O)O)[C@H]3OS(=O)(=O)O)cc2)cc(C(=O)Nc2ccc(S[C@@H]3O[C@H](COS(=O)(=O)O)[C@@H](OS(=O)(=O)O)[C@H](OS(=O)(=O)O)[C@H]3OS(=O)(=O)O)cc2)c1. The van der Waals surface area contributed by atoms with Crippen molar-refractivity contribution in [3.05, 3.63) is 108 Å². The molecule has 3 aliphatic rings. The van der Waals surface area contributed by atoms with Gasteiger partial charge < -0.3 is 30.2 Å². The van der Waals surface area contributed by atoms with Crippen LogP contribution in [0.15, 0.2) is 106 Å². The maximum absolute atomic E-state index is 14.3. The summed E-state index contributed by atoms with van der Waals surface area (Å²) >= 11 is 0.593. The molecule has 0 aromatic heterocycles. The first kappa shape index (κ1) is 98.8. The second-order valence-electron chi connectivity index (χ2n) is 22.3. The molecule has 0 saturated carbocycles. The van der Waals surface area contributed by atoms with Crippen LogP contribution >= 0.6 is 35.3 Å². The average molecular weight is 1980 g/mol. The summed E-state index contributed by atoms with van der Waals surface area (Å²) < 4.78 is 468. The number of amides is 3. The van der Waals surface area contributed by atoms with Gasteiger partial charge in [0.05, 0.1) is 19.8 Å². The normalized spacial score (nSPS) is 25.1. The van der Waals surface area contributed by atoms with E-state index in [2.05, 4.69) is 66.1 Å². The molecule has 72 heteroatoms. The number of thioether (sulfide) groups is 3. The van der Waals surface area contributed by atoms with Crippen LogP contribution in [0.1, 0.15) is 31.1 Å². The van der Waals surface area contributed by atoms with Gasteiger partial charge in [-0.05, 0) is 91.0 Å². The molecule has 3 fully saturated rings. The minimum atomic E-state index is -5.94. The number of hydrogen-bond acceptors (Lipinski definition) is 45. The van der Waals surface area contributed by atoms with Crippen LogP contribution in [0.3, 0.4) is 0 Å². The maximum atomic E-state index is 14.3. The first-order valence-electron chi connectivity index (χ1n) is 29.2. The van der Waals surface area contributed by atoms with E-state index >= 15 is 0 Å². The van der Waals surface area contributed by atoms with Crippen LogP contribution < -0.4 is 16.0 Å². The maximum Gasteiger partial charge on any atom is 0.397 e. The average Bonchev–Trinajstić information content (AvgIpc) is 0.775. The Morgan fingerprint density at radius 1 is 0.265 bits per heavy atom. The zero-order valence-corrected chi connectivity index (χ0v) is 67.8. The highest BCUT2D eigenvalue weighted by molar-refractivity contribution is 8.00. The first-order chi connectivity index (χ1) is 53.1. The topological polar surface area (TPSA) is 878 Å².